The van der Waals surface area contributed by atoms with Crippen LogP contribution < -0.4 is 0 Å². The van der Waals surface area contributed by atoms with Crippen molar-refractivity contribution in [2.45, 2.75) is 25.4 Å². The second-order valence-electron chi connectivity index (χ2n) is 4.98. The number of fused-ring (bicyclic) bond motifs is 1. The van der Waals surface area contributed by atoms with Crippen molar-refractivity contribution in [1.82, 2.24) is 9.97 Å². The average Bonchev–Trinajstić information content (AvgIpc) is 2.92. The van der Waals surface area contributed by atoms with Crippen LogP contribution in [0.1, 0.15) is 30.3 Å². The molecular formula is C16H15BrN2OS. The van der Waals surface area contributed by atoms with Gasteiger partial charge in [0.05, 0.1) is 10.2 Å². The van der Waals surface area contributed by atoms with Crippen molar-refractivity contribution in [1.29, 1.82) is 0 Å². The van der Waals surface area contributed by atoms with E-state index < -0.39 is 5.60 Å². The van der Waals surface area contributed by atoms with Gasteiger partial charge in [-0.15, -0.1) is 11.3 Å². The molecule has 2 aromatic heterocycles. The molecular weight excluding hydrogens is 348 g/mol. The minimum atomic E-state index is -1.07. The third-order valence-corrected chi connectivity index (χ3v) is 5.12. The smallest absolute Gasteiger partial charge is 0.142 e. The molecule has 1 aromatic carbocycles. The van der Waals surface area contributed by atoms with E-state index in [1.54, 1.807) is 12.4 Å². The largest absolute Gasteiger partial charge is 0.378 e. The first kappa shape index (κ1) is 14.6. The first-order valence-corrected chi connectivity index (χ1v) is 8.44. The molecule has 0 fully saturated rings. The highest BCUT2D eigenvalue weighted by atomic mass is 79.9. The number of hydrogen-bond acceptors (Lipinski definition) is 4. The number of aliphatic hydroxyl groups is 1. The zero-order valence-corrected chi connectivity index (χ0v) is 14.0. The van der Waals surface area contributed by atoms with E-state index in [0.29, 0.717) is 6.42 Å². The summed E-state index contributed by atoms with van der Waals surface area (Å²) in [6.45, 7) is 2.06. The number of pyridine rings is 1. The Balaban J connectivity index is 2.15. The third-order valence-electron chi connectivity index (χ3n) is 3.46. The summed E-state index contributed by atoms with van der Waals surface area (Å²) in [5.74, 6) is 0. The number of halogens is 1. The number of aromatic nitrogens is 2. The molecule has 2 heterocycles. The molecule has 0 aliphatic rings. The summed E-state index contributed by atoms with van der Waals surface area (Å²) < 4.78 is 2.09. The molecule has 1 atom stereocenters. The van der Waals surface area contributed by atoms with Gasteiger partial charge in [-0.05, 0) is 30.7 Å². The van der Waals surface area contributed by atoms with E-state index in [1.165, 1.54) is 11.3 Å². The summed E-state index contributed by atoms with van der Waals surface area (Å²) in [5.41, 5.74) is 0.640. The van der Waals surface area contributed by atoms with Gasteiger partial charge in [-0.1, -0.05) is 35.3 Å². The molecule has 0 bridgehead atoms. The highest BCUT2D eigenvalue weighted by molar-refractivity contribution is 9.10. The number of nitrogens with zero attached hydrogens (tertiary/aromatic N) is 2. The van der Waals surface area contributed by atoms with E-state index in [2.05, 4.69) is 32.8 Å². The van der Waals surface area contributed by atoms with Gasteiger partial charge in [-0.25, -0.2) is 4.98 Å². The topological polar surface area (TPSA) is 46.0 Å². The second-order valence-corrected chi connectivity index (χ2v) is 6.93. The van der Waals surface area contributed by atoms with Crippen molar-refractivity contribution in [2.75, 3.05) is 0 Å². The standard InChI is InChI=1S/C16H15BrN2OS/c1-2-7-16(20,11-4-3-8-18-10-11)15-19-13-6-5-12(17)9-14(13)21-15/h3-6,8-10,20H,2,7H2,1H3. The summed E-state index contributed by atoms with van der Waals surface area (Å²) in [5, 5.41) is 11.9. The van der Waals surface area contributed by atoms with E-state index in [1.807, 2.05) is 30.3 Å². The molecule has 0 amide bonds. The molecule has 0 aliphatic heterocycles. The van der Waals surface area contributed by atoms with Crippen LogP contribution in [0.4, 0.5) is 0 Å². The zero-order chi connectivity index (χ0) is 14.9. The summed E-state index contributed by atoms with van der Waals surface area (Å²) in [6, 6.07) is 9.72. The number of thiazole rings is 1. The van der Waals surface area contributed by atoms with Crippen molar-refractivity contribution in [3.05, 3.63) is 57.8 Å². The lowest BCUT2D eigenvalue weighted by molar-refractivity contribution is 0.0697. The fraction of sp³-hybridized carbons (Fsp3) is 0.250. The molecule has 3 rings (SSSR count). The van der Waals surface area contributed by atoms with Crippen LogP contribution in [-0.4, -0.2) is 15.1 Å². The molecule has 21 heavy (non-hydrogen) atoms. The molecule has 0 saturated carbocycles. The molecule has 0 spiro atoms. The van der Waals surface area contributed by atoms with Crippen LogP contribution in [0.2, 0.25) is 0 Å². The van der Waals surface area contributed by atoms with Crippen LogP contribution in [0, 0.1) is 0 Å². The molecule has 108 valence electrons. The minimum absolute atomic E-state index is 0.625. The lowest BCUT2D eigenvalue weighted by atomic mass is 9.91. The fourth-order valence-corrected chi connectivity index (χ4v) is 4.08. The van der Waals surface area contributed by atoms with Crippen molar-refractivity contribution >= 4 is 37.5 Å². The van der Waals surface area contributed by atoms with Crippen LogP contribution in [-0.2, 0) is 5.60 Å². The molecule has 0 radical (unpaired) electrons. The Morgan fingerprint density at radius 1 is 1.33 bits per heavy atom. The van der Waals surface area contributed by atoms with Crippen LogP contribution in [0.5, 0.6) is 0 Å². The van der Waals surface area contributed by atoms with Crippen LogP contribution in [0.25, 0.3) is 10.2 Å². The Hall–Kier alpha value is -1.30. The van der Waals surface area contributed by atoms with Crippen LogP contribution in [0.3, 0.4) is 0 Å². The fourth-order valence-electron chi connectivity index (χ4n) is 2.42. The number of rotatable bonds is 4. The van der Waals surface area contributed by atoms with Gasteiger partial charge in [-0.2, -0.15) is 0 Å². The quantitative estimate of drug-likeness (QED) is 0.743. The molecule has 0 aliphatic carbocycles. The molecule has 3 aromatic rings. The van der Waals surface area contributed by atoms with Crippen molar-refractivity contribution < 1.29 is 5.11 Å². The van der Waals surface area contributed by atoms with Gasteiger partial charge in [0.2, 0.25) is 0 Å². The number of benzene rings is 1. The van der Waals surface area contributed by atoms with E-state index in [0.717, 1.165) is 31.7 Å². The summed E-state index contributed by atoms with van der Waals surface area (Å²) in [6.07, 6.45) is 4.92. The van der Waals surface area contributed by atoms with E-state index in [9.17, 15) is 5.11 Å². The molecule has 1 N–H and O–H groups in total. The van der Waals surface area contributed by atoms with Crippen molar-refractivity contribution in [2.24, 2.45) is 0 Å². The first-order chi connectivity index (χ1) is 10.1. The maximum Gasteiger partial charge on any atom is 0.142 e. The van der Waals surface area contributed by atoms with Gasteiger partial charge in [0.25, 0.3) is 0 Å². The third kappa shape index (κ3) is 2.73. The lowest BCUT2D eigenvalue weighted by Gasteiger charge is -2.25. The maximum absolute atomic E-state index is 11.2. The van der Waals surface area contributed by atoms with Gasteiger partial charge in [0.1, 0.15) is 10.6 Å². The molecule has 0 saturated heterocycles. The Labute approximate surface area is 135 Å². The predicted molar refractivity (Wildman–Crippen MR) is 89.5 cm³/mol. The lowest BCUT2D eigenvalue weighted by Crippen LogP contribution is -2.27. The first-order valence-electron chi connectivity index (χ1n) is 6.83. The van der Waals surface area contributed by atoms with Gasteiger partial charge >= 0.3 is 0 Å². The Kier molecular flexibility index (Phi) is 4.06. The van der Waals surface area contributed by atoms with Crippen molar-refractivity contribution in [3.8, 4) is 0 Å². The van der Waals surface area contributed by atoms with Gasteiger partial charge in [-0.3, -0.25) is 4.98 Å². The molecule has 1 unspecified atom stereocenters. The zero-order valence-electron chi connectivity index (χ0n) is 11.6. The second kappa shape index (κ2) is 5.83. The monoisotopic (exact) mass is 362 g/mol. The van der Waals surface area contributed by atoms with Crippen LogP contribution >= 0.6 is 27.3 Å². The van der Waals surface area contributed by atoms with Gasteiger partial charge in [0, 0.05) is 22.4 Å². The van der Waals surface area contributed by atoms with Gasteiger partial charge in [0.15, 0.2) is 0 Å². The van der Waals surface area contributed by atoms with Crippen LogP contribution in [0.15, 0.2) is 47.2 Å². The SMILES string of the molecule is CCCC(O)(c1cccnc1)c1nc2ccc(Br)cc2s1. The number of hydrogen-bond donors (Lipinski definition) is 1. The Bertz CT molecular complexity index is 759. The highest BCUT2D eigenvalue weighted by Gasteiger charge is 2.34. The summed E-state index contributed by atoms with van der Waals surface area (Å²) >= 11 is 5.01. The Morgan fingerprint density at radius 3 is 2.90 bits per heavy atom. The summed E-state index contributed by atoms with van der Waals surface area (Å²) in [4.78, 5) is 8.78. The Morgan fingerprint density at radius 2 is 2.19 bits per heavy atom. The predicted octanol–water partition coefficient (Wildman–Crippen LogP) is 4.49. The molecule has 5 heteroatoms. The highest BCUT2D eigenvalue weighted by Crippen LogP contribution is 2.38. The summed E-state index contributed by atoms with van der Waals surface area (Å²) in [7, 11) is 0. The van der Waals surface area contributed by atoms with E-state index in [-0.39, 0.29) is 0 Å². The van der Waals surface area contributed by atoms with E-state index >= 15 is 0 Å². The normalized spacial score (nSPS) is 14.2. The van der Waals surface area contributed by atoms with Gasteiger partial charge < -0.3 is 5.11 Å². The average molecular weight is 363 g/mol. The molecule has 3 nitrogen and oxygen atoms in total. The minimum Gasteiger partial charge on any atom is -0.378 e. The maximum atomic E-state index is 11.2. The van der Waals surface area contributed by atoms with Crippen molar-refractivity contribution in [3.63, 3.8) is 0 Å². The van der Waals surface area contributed by atoms with E-state index in [4.69, 9.17) is 0 Å².